The normalized spacial score (nSPS) is 11.9. The molecule has 5 nitrogen and oxygen atoms in total. The Morgan fingerprint density at radius 3 is 2.21 bits per heavy atom. The predicted octanol–water partition coefficient (Wildman–Crippen LogP) is 5.77. The molecule has 0 bridgehead atoms. The minimum Gasteiger partial charge on any atom is -0.478 e. The molecule has 1 heterocycles. The zero-order valence-corrected chi connectivity index (χ0v) is 18.9. The number of aryl methyl sites for hydroxylation is 1. The van der Waals surface area contributed by atoms with E-state index in [1.54, 1.807) is 0 Å². The fourth-order valence-electron chi connectivity index (χ4n) is 3.38. The highest BCUT2D eigenvalue weighted by Gasteiger charge is 2.40. The van der Waals surface area contributed by atoms with Crippen LogP contribution in [-0.4, -0.2) is 29.7 Å². The van der Waals surface area contributed by atoms with Gasteiger partial charge in [-0.2, -0.15) is 0 Å². The third kappa shape index (κ3) is 7.78. The van der Waals surface area contributed by atoms with E-state index < -0.39 is 5.60 Å². The largest absolute Gasteiger partial charge is 0.478 e. The Morgan fingerprint density at radius 2 is 1.71 bits per heavy atom. The van der Waals surface area contributed by atoms with Crippen LogP contribution < -0.4 is 10.1 Å². The number of amides is 1. The Morgan fingerprint density at radius 1 is 1.07 bits per heavy atom. The average molecular weight is 393 g/mol. The summed E-state index contributed by atoms with van der Waals surface area (Å²) in [5, 5.41) is 3.08. The highest BCUT2D eigenvalue weighted by atomic mass is 16.5. The Hall–Kier alpha value is -1.62. The Kier molecular flexibility index (Phi) is 10.5. The van der Waals surface area contributed by atoms with Crippen molar-refractivity contribution in [3.05, 3.63) is 17.8 Å². The molecule has 0 spiro atoms. The van der Waals surface area contributed by atoms with Crippen LogP contribution in [0.4, 0.5) is 5.69 Å². The van der Waals surface area contributed by atoms with Gasteiger partial charge in [0, 0.05) is 12.7 Å². The van der Waals surface area contributed by atoms with Gasteiger partial charge in [0.1, 0.15) is 5.60 Å². The number of carbonyl (C=O) groups excluding carboxylic acids is 1. The summed E-state index contributed by atoms with van der Waals surface area (Å²) in [6, 6.07) is 3.69. The van der Waals surface area contributed by atoms with Gasteiger partial charge >= 0.3 is 0 Å². The lowest BCUT2D eigenvalue weighted by atomic mass is 9.83. The Balaban J connectivity index is 3.02. The lowest BCUT2D eigenvalue weighted by molar-refractivity contribution is -0.147. The zero-order valence-electron chi connectivity index (χ0n) is 18.9. The first-order valence-corrected chi connectivity index (χ1v) is 10.8. The van der Waals surface area contributed by atoms with Crippen molar-refractivity contribution in [2.75, 3.05) is 18.5 Å². The van der Waals surface area contributed by atoms with Gasteiger partial charge in [0.2, 0.25) is 5.88 Å². The van der Waals surface area contributed by atoms with Gasteiger partial charge in [-0.25, -0.2) is 4.98 Å². The quantitative estimate of drug-likeness (QED) is 0.433. The van der Waals surface area contributed by atoms with Crippen molar-refractivity contribution in [1.82, 2.24) is 4.98 Å². The molecule has 1 aromatic heterocycles. The number of hydrogen-bond donors (Lipinski definition) is 1. The van der Waals surface area contributed by atoms with Gasteiger partial charge < -0.3 is 14.8 Å². The molecule has 1 aromatic rings. The maximum atomic E-state index is 13.4. The molecule has 0 fully saturated rings. The van der Waals surface area contributed by atoms with Crippen LogP contribution in [0.25, 0.3) is 0 Å². The summed E-state index contributed by atoms with van der Waals surface area (Å²) < 4.78 is 11.9. The molecule has 0 unspecified atom stereocenters. The minimum absolute atomic E-state index is 0.0760. The standard InChI is InChI=1S/C23H40N2O3/c1-8-10-14-27-21-12-11-20(19(7)24-21)25-22(26)23(15-17(3)4,16-18(5)6)28-13-9-2/h11-12,17-18H,8-10,13-16H2,1-7H3,(H,25,26). The van der Waals surface area contributed by atoms with E-state index in [9.17, 15) is 4.79 Å². The number of ether oxygens (including phenoxy) is 2. The van der Waals surface area contributed by atoms with Gasteiger partial charge in [0.25, 0.3) is 5.91 Å². The summed E-state index contributed by atoms with van der Waals surface area (Å²) in [5.41, 5.74) is 0.645. The summed E-state index contributed by atoms with van der Waals surface area (Å²) in [6.07, 6.45) is 4.36. The number of carbonyl (C=O) groups is 1. The van der Waals surface area contributed by atoms with E-state index >= 15 is 0 Å². The SMILES string of the molecule is CCCCOc1ccc(NC(=O)C(CC(C)C)(CC(C)C)OCCC)c(C)n1. The molecule has 0 aliphatic carbocycles. The van der Waals surface area contributed by atoms with Gasteiger partial charge in [0.15, 0.2) is 0 Å². The van der Waals surface area contributed by atoms with Crippen molar-refractivity contribution in [1.29, 1.82) is 0 Å². The topological polar surface area (TPSA) is 60.5 Å². The summed E-state index contributed by atoms with van der Waals surface area (Å²) in [4.78, 5) is 17.9. The molecule has 0 radical (unpaired) electrons. The first-order chi connectivity index (χ1) is 13.2. The van der Waals surface area contributed by atoms with Gasteiger partial charge in [0.05, 0.1) is 18.0 Å². The molecule has 28 heavy (non-hydrogen) atoms. The highest BCUT2D eigenvalue weighted by molar-refractivity contribution is 5.97. The van der Waals surface area contributed by atoms with Crippen molar-refractivity contribution in [2.45, 2.75) is 86.2 Å². The smallest absolute Gasteiger partial charge is 0.256 e. The average Bonchev–Trinajstić information content (AvgIpc) is 2.61. The van der Waals surface area contributed by atoms with Gasteiger partial charge in [-0.05, 0) is 50.5 Å². The van der Waals surface area contributed by atoms with Gasteiger partial charge in [-0.3, -0.25) is 4.79 Å². The van der Waals surface area contributed by atoms with Crippen molar-refractivity contribution in [3.63, 3.8) is 0 Å². The van der Waals surface area contributed by atoms with Crippen molar-refractivity contribution in [3.8, 4) is 5.88 Å². The second kappa shape index (κ2) is 12.1. The predicted molar refractivity (Wildman–Crippen MR) is 116 cm³/mol. The van der Waals surface area contributed by atoms with Crippen LogP contribution in [0.15, 0.2) is 12.1 Å². The van der Waals surface area contributed by atoms with Crippen LogP contribution in [0, 0.1) is 18.8 Å². The molecular weight excluding hydrogens is 352 g/mol. The van der Waals surface area contributed by atoms with E-state index in [2.05, 4.69) is 51.8 Å². The molecule has 0 aromatic carbocycles. The van der Waals surface area contributed by atoms with Gasteiger partial charge in [-0.15, -0.1) is 0 Å². The monoisotopic (exact) mass is 392 g/mol. The Bertz CT molecular complexity index is 590. The fourth-order valence-corrected chi connectivity index (χ4v) is 3.38. The molecule has 0 aliphatic rings. The number of hydrogen-bond acceptors (Lipinski definition) is 4. The molecule has 0 aliphatic heterocycles. The summed E-state index contributed by atoms with van der Waals surface area (Å²) in [6.45, 7) is 15.8. The number of nitrogens with one attached hydrogen (secondary N) is 1. The van der Waals surface area contributed by atoms with Gasteiger partial charge in [-0.1, -0.05) is 48.0 Å². The summed E-state index contributed by atoms with van der Waals surface area (Å²) in [7, 11) is 0. The van der Waals surface area contributed by atoms with Crippen LogP contribution in [0.3, 0.4) is 0 Å². The molecule has 1 N–H and O–H groups in total. The number of anilines is 1. The summed E-state index contributed by atoms with van der Waals surface area (Å²) >= 11 is 0. The molecular formula is C23H40N2O3. The molecule has 5 heteroatoms. The number of rotatable bonds is 13. The maximum absolute atomic E-state index is 13.4. The highest BCUT2D eigenvalue weighted by Crippen LogP contribution is 2.31. The van der Waals surface area contributed by atoms with Crippen LogP contribution in [0.2, 0.25) is 0 Å². The molecule has 0 saturated heterocycles. The third-order valence-corrected chi connectivity index (χ3v) is 4.53. The fraction of sp³-hybridized carbons (Fsp3) is 0.739. The molecule has 1 amide bonds. The second-order valence-corrected chi connectivity index (χ2v) is 8.48. The van der Waals surface area contributed by atoms with E-state index in [4.69, 9.17) is 9.47 Å². The third-order valence-electron chi connectivity index (χ3n) is 4.53. The molecule has 160 valence electrons. The number of pyridine rings is 1. The first-order valence-electron chi connectivity index (χ1n) is 10.8. The minimum atomic E-state index is -0.818. The molecule has 1 rings (SSSR count). The first kappa shape index (κ1) is 24.4. The van der Waals surface area contributed by atoms with Crippen molar-refractivity contribution >= 4 is 11.6 Å². The van der Waals surface area contributed by atoms with Crippen LogP contribution in [0.5, 0.6) is 5.88 Å². The van der Waals surface area contributed by atoms with E-state index in [0.717, 1.165) is 25.0 Å². The van der Waals surface area contributed by atoms with Crippen LogP contribution in [0.1, 0.15) is 79.3 Å². The van der Waals surface area contributed by atoms with E-state index in [0.29, 0.717) is 49.5 Å². The Labute approximate surface area is 171 Å². The number of unbranched alkanes of at least 4 members (excludes halogenated alkanes) is 1. The lowest BCUT2D eigenvalue weighted by Gasteiger charge is -2.35. The number of aromatic nitrogens is 1. The second-order valence-electron chi connectivity index (χ2n) is 8.48. The van der Waals surface area contributed by atoms with Crippen molar-refractivity contribution in [2.24, 2.45) is 11.8 Å². The summed E-state index contributed by atoms with van der Waals surface area (Å²) in [5.74, 6) is 1.24. The molecule has 0 atom stereocenters. The van der Waals surface area contributed by atoms with Crippen LogP contribution >= 0.6 is 0 Å². The van der Waals surface area contributed by atoms with Crippen molar-refractivity contribution < 1.29 is 14.3 Å². The lowest BCUT2D eigenvalue weighted by Crippen LogP contribution is -2.48. The zero-order chi connectivity index (χ0) is 21.2. The van der Waals surface area contributed by atoms with Crippen LogP contribution in [-0.2, 0) is 9.53 Å². The van der Waals surface area contributed by atoms with E-state index in [1.165, 1.54) is 0 Å². The van der Waals surface area contributed by atoms with E-state index in [1.807, 2.05) is 19.1 Å². The molecule has 0 saturated carbocycles. The van der Waals surface area contributed by atoms with E-state index in [-0.39, 0.29) is 5.91 Å². The number of nitrogens with zero attached hydrogens (tertiary/aromatic N) is 1. The maximum Gasteiger partial charge on any atom is 0.256 e.